The number of hydrogen-bond donors (Lipinski definition) is 0. The molecule has 2 saturated heterocycles. The first kappa shape index (κ1) is 20.9. The molecule has 0 radical (unpaired) electrons. The molecule has 2 aromatic rings. The molecule has 2 aliphatic rings. The minimum absolute atomic E-state index is 0.296. The first-order valence-corrected chi connectivity index (χ1v) is 11.0. The molecule has 5 nitrogen and oxygen atoms in total. The lowest BCUT2D eigenvalue weighted by Gasteiger charge is -2.47. The van der Waals surface area contributed by atoms with Crippen LogP contribution in [0.2, 0.25) is 0 Å². The summed E-state index contributed by atoms with van der Waals surface area (Å²) < 4.78 is 11.2. The topological polar surface area (TPSA) is 42.0 Å². The zero-order valence-corrected chi connectivity index (χ0v) is 17.8. The number of ether oxygens (including phenoxy) is 2. The first-order valence-electron chi connectivity index (χ1n) is 11.0. The fourth-order valence-corrected chi connectivity index (χ4v) is 4.78. The molecule has 0 N–H and O–H groups in total. The van der Waals surface area contributed by atoms with Crippen molar-refractivity contribution < 1.29 is 14.3 Å². The number of carbonyl (C=O) groups excluding carboxylic acids is 1. The maximum Gasteiger partial charge on any atom is 0.222 e. The summed E-state index contributed by atoms with van der Waals surface area (Å²) in [4.78, 5) is 17.0. The van der Waals surface area contributed by atoms with E-state index in [1.54, 1.807) is 7.11 Å². The predicted octanol–water partition coefficient (Wildman–Crippen LogP) is 3.72. The smallest absolute Gasteiger partial charge is 0.222 e. The molecule has 1 amide bonds. The zero-order valence-electron chi connectivity index (χ0n) is 17.8. The Kier molecular flexibility index (Phi) is 7.03. The monoisotopic (exact) mass is 408 g/mol. The fourth-order valence-electron chi connectivity index (χ4n) is 4.78. The van der Waals surface area contributed by atoms with Gasteiger partial charge in [-0.05, 0) is 42.0 Å². The van der Waals surface area contributed by atoms with Gasteiger partial charge < -0.3 is 14.4 Å². The molecule has 2 fully saturated rings. The summed E-state index contributed by atoms with van der Waals surface area (Å²) in [6, 6.07) is 19.1. The van der Waals surface area contributed by atoms with Crippen molar-refractivity contribution in [3.05, 3.63) is 65.7 Å². The van der Waals surface area contributed by atoms with E-state index in [2.05, 4.69) is 40.1 Å². The summed E-state index contributed by atoms with van der Waals surface area (Å²) in [6.45, 7) is 4.93. The van der Waals surface area contributed by atoms with Gasteiger partial charge in [0.05, 0.1) is 6.61 Å². The highest BCUT2D eigenvalue weighted by molar-refractivity contribution is 5.77. The van der Waals surface area contributed by atoms with E-state index < -0.39 is 0 Å². The molecule has 5 heteroatoms. The lowest BCUT2D eigenvalue weighted by Crippen LogP contribution is -2.56. The molecule has 0 unspecified atom stereocenters. The van der Waals surface area contributed by atoms with E-state index in [9.17, 15) is 4.79 Å². The van der Waals surface area contributed by atoms with Gasteiger partial charge in [-0.3, -0.25) is 9.69 Å². The summed E-state index contributed by atoms with van der Waals surface area (Å²) in [5.74, 6) is 1.77. The Bertz CT molecular complexity index is 826. The quantitative estimate of drug-likeness (QED) is 0.668. The van der Waals surface area contributed by atoms with E-state index in [0.717, 1.165) is 44.8 Å². The second-order valence-electron chi connectivity index (χ2n) is 8.39. The van der Waals surface area contributed by atoms with Crippen molar-refractivity contribution in [3.63, 3.8) is 0 Å². The van der Waals surface area contributed by atoms with Crippen LogP contribution in [-0.4, -0.2) is 55.1 Å². The van der Waals surface area contributed by atoms with Gasteiger partial charge in [-0.15, -0.1) is 0 Å². The average molecular weight is 409 g/mol. The van der Waals surface area contributed by atoms with Crippen molar-refractivity contribution in [1.82, 2.24) is 9.80 Å². The maximum atomic E-state index is 12.4. The van der Waals surface area contributed by atoms with Crippen LogP contribution >= 0.6 is 0 Å². The molecule has 160 valence electrons. The van der Waals surface area contributed by atoms with Crippen LogP contribution in [0.15, 0.2) is 54.6 Å². The number of fused-ring (bicyclic) bond motifs is 1. The van der Waals surface area contributed by atoms with Crippen molar-refractivity contribution >= 4 is 5.91 Å². The lowest BCUT2D eigenvalue weighted by atomic mass is 9.83. The third-order valence-electron chi connectivity index (χ3n) is 6.32. The van der Waals surface area contributed by atoms with Gasteiger partial charge in [0.2, 0.25) is 5.91 Å². The van der Waals surface area contributed by atoms with Gasteiger partial charge in [0.25, 0.3) is 0 Å². The van der Waals surface area contributed by atoms with Crippen LogP contribution in [0.5, 0.6) is 5.75 Å². The average Bonchev–Trinajstić information content (AvgIpc) is 2.78. The number of benzene rings is 2. The van der Waals surface area contributed by atoms with Crippen LogP contribution < -0.4 is 4.74 Å². The fraction of sp³-hybridized carbons (Fsp3) is 0.480. The Morgan fingerprint density at radius 1 is 1.03 bits per heavy atom. The number of methoxy groups -OCH3 is 1. The highest BCUT2D eigenvalue weighted by atomic mass is 16.5. The Balaban J connectivity index is 1.33. The highest BCUT2D eigenvalue weighted by Gasteiger charge is 2.38. The number of rotatable bonds is 8. The molecule has 30 heavy (non-hydrogen) atoms. The molecule has 2 heterocycles. The van der Waals surface area contributed by atoms with Gasteiger partial charge in [0.1, 0.15) is 12.4 Å². The molecule has 2 atom stereocenters. The minimum Gasteiger partial charge on any atom is -0.489 e. The van der Waals surface area contributed by atoms with Crippen molar-refractivity contribution in [2.24, 2.45) is 5.92 Å². The van der Waals surface area contributed by atoms with Gasteiger partial charge in [-0.2, -0.15) is 0 Å². The number of piperidine rings is 2. The Hall–Kier alpha value is -2.37. The maximum absolute atomic E-state index is 12.4. The molecule has 0 spiro atoms. The molecule has 0 aliphatic carbocycles. The normalized spacial score (nSPS) is 22.0. The summed E-state index contributed by atoms with van der Waals surface area (Å²) in [6.07, 6.45) is 2.72. The number of likely N-dealkylation sites (tertiary alicyclic amines) is 2. The lowest BCUT2D eigenvalue weighted by molar-refractivity contribution is -0.142. The van der Waals surface area contributed by atoms with E-state index in [-0.39, 0.29) is 0 Å². The number of amides is 1. The summed E-state index contributed by atoms with van der Waals surface area (Å²) in [5, 5.41) is 0. The van der Waals surface area contributed by atoms with Gasteiger partial charge >= 0.3 is 0 Å². The molecular formula is C25H32N2O3. The summed E-state index contributed by atoms with van der Waals surface area (Å²) in [7, 11) is 1.70. The second-order valence-corrected chi connectivity index (χ2v) is 8.39. The third-order valence-corrected chi connectivity index (χ3v) is 6.32. The number of nitrogens with zero attached hydrogens (tertiary/aromatic N) is 2. The molecule has 0 saturated carbocycles. The molecule has 0 bridgehead atoms. The SMILES string of the molecule is COCCN1C(=O)CC[C@H]2CN(Cc3cccc(OCc4ccccc4)c3)CC[C@H]21. The molecular weight excluding hydrogens is 376 g/mol. The van der Waals surface area contributed by atoms with E-state index in [1.807, 2.05) is 24.3 Å². The second kappa shape index (κ2) is 10.1. The molecule has 2 aliphatic heterocycles. The van der Waals surface area contributed by atoms with Gasteiger partial charge in [-0.1, -0.05) is 42.5 Å². The largest absolute Gasteiger partial charge is 0.489 e. The summed E-state index contributed by atoms with van der Waals surface area (Å²) in [5.41, 5.74) is 2.46. The van der Waals surface area contributed by atoms with Crippen molar-refractivity contribution in [2.75, 3.05) is 33.4 Å². The van der Waals surface area contributed by atoms with E-state index in [0.29, 0.717) is 37.5 Å². The predicted molar refractivity (Wildman–Crippen MR) is 117 cm³/mol. The zero-order chi connectivity index (χ0) is 20.8. The van der Waals surface area contributed by atoms with Crippen LogP contribution in [0.3, 0.4) is 0 Å². The minimum atomic E-state index is 0.296. The van der Waals surface area contributed by atoms with Crippen molar-refractivity contribution in [3.8, 4) is 5.75 Å². The molecule has 2 aromatic carbocycles. The Morgan fingerprint density at radius 3 is 2.70 bits per heavy atom. The third kappa shape index (κ3) is 5.21. The first-order chi connectivity index (χ1) is 14.7. The van der Waals surface area contributed by atoms with Gasteiger partial charge in [-0.25, -0.2) is 0 Å². The van der Waals surface area contributed by atoms with Crippen LogP contribution in [0.1, 0.15) is 30.4 Å². The van der Waals surface area contributed by atoms with Gasteiger partial charge in [0, 0.05) is 45.8 Å². The van der Waals surface area contributed by atoms with Crippen molar-refractivity contribution in [2.45, 2.75) is 38.5 Å². The van der Waals surface area contributed by atoms with E-state index in [1.165, 1.54) is 11.1 Å². The number of carbonyl (C=O) groups is 1. The van der Waals surface area contributed by atoms with E-state index in [4.69, 9.17) is 9.47 Å². The van der Waals surface area contributed by atoms with Crippen LogP contribution in [0, 0.1) is 5.92 Å². The molecule has 4 rings (SSSR count). The van der Waals surface area contributed by atoms with Crippen LogP contribution in [0.25, 0.3) is 0 Å². The molecule has 0 aromatic heterocycles. The highest BCUT2D eigenvalue weighted by Crippen LogP contribution is 2.32. The van der Waals surface area contributed by atoms with Crippen LogP contribution in [-0.2, 0) is 22.7 Å². The summed E-state index contributed by atoms with van der Waals surface area (Å²) >= 11 is 0. The Labute approximate surface area is 179 Å². The number of hydrogen-bond acceptors (Lipinski definition) is 4. The van der Waals surface area contributed by atoms with Crippen molar-refractivity contribution in [1.29, 1.82) is 0 Å². The van der Waals surface area contributed by atoms with E-state index >= 15 is 0 Å². The van der Waals surface area contributed by atoms with Crippen LogP contribution in [0.4, 0.5) is 0 Å². The standard InChI is InChI=1S/C25H32N2O3/c1-29-15-14-27-24-12-13-26(18-22(24)10-11-25(27)28)17-21-8-5-9-23(16-21)30-19-20-6-3-2-4-7-20/h2-9,16,22,24H,10-15,17-19H2,1H3/t22-,24+/m0/s1. The Morgan fingerprint density at radius 2 is 1.87 bits per heavy atom. The van der Waals surface area contributed by atoms with Gasteiger partial charge in [0.15, 0.2) is 0 Å².